The number of carboxylic acid groups (broad SMARTS) is 1. The van der Waals surface area contributed by atoms with Crippen molar-refractivity contribution in [1.29, 1.82) is 0 Å². The molecule has 0 saturated heterocycles. The molecule has 0 fully saturated rings. The third-order valence-corrected chi connectivity index (χ3v) is 2.98. The first kappa shape index (κ1) is 15.1. The molecule has 21 heavy (non-hydrogen) atoms. The lowest BCUT2D eigenvalue weighted by molar-refractivity contribution is -0.131. The fourth-order valence-electron chi connectivity index (χ4n) is 1.63. The molecule has 0 spiro atoms. The van der Waals surface area contributed by atoms with Crippen molar-refractivity contribution < 1.29 is 19.0 Å². The highest BCUT2D eigenvalue weighted by Gasteiger charge is 2.02. The van der Waals surface area contributed by atoms with Gasteiger partial charge in [0.15, 0.2) is 0 Å². The van der Waals surface area contributed by atoms with Gasteiger partial charge in [-0.25, -0.2) is 9.18 Å². The molecule has 0 radical (unpaired) electrons. The summed E-state index contributed by atoms with van der Waals surface area (Å²) in [7, 11) is 0. The van der Waals surface area contributed by atoms with Crippen LogP contribution in [-0.2, 0) is 11.4 Å². The van der Waals surface area contributed by atoms with E-state index in [0.717, 1.165) is 17.2 Å². The van der Waals surface area contributed by atoms with Crippen LogP contribution in [0.25, 0.3) is 6.08 Å². The Morgan fingerprint density at radius 3 is 2.57 bits per heavy atom. The van der Waals surface area contributed by atoms with Crippen molar-refractivity contribution in [3.8, 4) is 5.75 Å². The summed E-state index contributed by atoms with van der Waals surface area (Å²) in [6, 6.07) is 11.4. The molecule has 0 heterocycles. The fourth-order valence-corrected chi connectivity index (χ4v) is 1.80. The lowest BCUT2D eigenvalue weighted by Gasteiger charge is -2.07. The van der Waals surface area contributed by atoms with E-state index in [4.69, 9.17) is 21.4 Å². The van der Waals surface area contributed by atoms with Crippen LogP contribution in [0.2, 0.25) is 5.02 Å². The average molecular weight is 307 g/mol. The number of halogens is 2. The molecule has 0 amide bonds. The fraction of sp³-hybridized carbons (Fsp3) is 0.0625. The highest BCUT2D eigenvalue weighted by molar-refractivity contribution is 6.30. The summed E-state index contributed by atoms with van der Waals surface area (Å²) in [5, 5.41) is 8.55. The van der Waals surface area contributed by atoms with E-state index < -0.39 is 11.8 Å². The van der Waals surface area contributed by atoms with Crippen LogP contribution in [0.3, 0.4) is 0 Å². The maximum atomic E-state index is 13.0. The molecule has 2 aromatic rings. The lowest BCUT2D eigenvalue weighted by atomic mass is 10.1. The van der Waals surface area contributed by atoms with Gasteiger partial charge in [-0.2, -0.15) is 0 Å². The molecule has 3 nitrogen and oxygen atoms in total. The molecule has 2 aromatic carbocycles. The molecular weight excluding hydrogens is 295 g/mol. The second kappa shape index (κ2) is 6.90. The number of carboxylic acids is 1. The van der Waals surface area contributed by atoms with E-state index in [1.54, 1.807) is 12.1 Å². The number of aliphatic carboxylic acids is 1. The van der Waals surface area contributed by atoms with Gasteiger partial charge in [0.2, 0.25) is 0 Å². The molecule has 0 bridgehead atoms. The van der Waals surface area contributed by atoms with Crippen molar-refractivity contribution in [2.45, 2.75) is 6.61 Å². The third-order valence-electron chi connectivity index (χ3n) is 2.69. The summed E-state index contributed by atoms with van der Waals surface area (Å²) in [5.74, 6) is -0.995. The summed E-state index contributed by atoms with van der Waals surface area (Å²) in [6.07, 6.45) is 2.58. The highest BCUT2D eigenvalue weighted by Crippen LogP contribution is 2.22. The monoisotopic (exact) mass is 306 g/mol. The molecule has 108 valence electrons. The second-order valence-electron chi connectivity index (χ2n) is 4.28. The molecule has 1 N–H and O–H groups in total. The first-order valence-corrected chi connectivity index (χ1v) is 6.50. The van der Waals surface area contributed by atoms with Crippen molar-refractivity contribution >= 4 is 23.6 Å². The molecule has 0 unspecified atom stereocenters. The normalized spacial score (nSPS) is 10.8. The van der Waals surface area contributed by atoms with Gasteiger partial charge in [-0.3, -0.25) is 0 Å². The number of ether oxygens (including phenoxy) is 1. The highest BCUT2D eigenvalue weighted by atomic mass is 35.5. The summed E-state index contributed by atoms with van der Waals surface area (Å²) in [4.78, 5) is 10.4. The Balaban J connectivity index is 1.97. The van der Waals surface area contributed by atoms with Crippen LogP contribution in [0.5, 0.6) is 5.75 Å². The summed E-state index contributed by atoms with van der Waals surface area (Å²) >= 11 is 5.67. The van der Waals surface area contributed by atoms with Gasteiger partial charge in [0.25, 0.3) is 0 Å². The average Bonchev–Trinajstić information content (AvgIpc) is 2.47. The Kier molecular flexibility index (Phi) is 4.95. The van der Waals surface area contributed by atoms with E-state index in [0.29, 0.717) is 12.4 Å². The molecule has 2 rings (SSSR count). The van der Waals surface area contributed by atoms with Gasteiger partial charge < -0.3 is 9.84 Å². The molecule has 0 saturated carbocycles. The van der Waals surface area contributed by atoms with Crippen LogP contribution in [0.15, 0.2) is 48.5 Å². The van der Waals surface area contributed by atoms with Crippen molar-refractivity contribution in [1.82, 2.24) is 0 Å². The van der Waals surface area contributed by atoms with E-state index in [9.17, 15) is 9.18 Å². The Bertz CT molecular complexity index is 666. The minimum Gasteiger partial charge on any atom is -0.489 e. The van der Waals surface area contributed by atoms with E-state index >= 15 is 0 Å². The van der Waals surface area contributed by atoms with Crippen molar-refractivity contribution in [3.05, 3.63) is 70.5 Å². The van der Waals surface area contributed by atoms with Gasteiger partial charge in [0.1, 0.15) is 18.2 Å². The minimum atomic E-state index is -0.990. The molecular formula is C16H12ClFO3. The summed E-state index contributed by atoms with van der Waals surface area (Å²) in [6.45, 7) is 0.310. The number of hydrogen-bond donors (Lipinski definition) is 1. The van der Waals surface area contributed by atoms with Gasteiger partial charge in [0.05, 0.1) is 5.02 Å². The molecule has 0 atom stereocenters. The Labute approximate surface area is 126 Å². The largest absolute Gasteiger partial charge is 0.489 e. The van der Waals surface area contributed by atoms with Crippen LogP contribution < -0.4 is 4.74 Å². The van der Waals surface area contributed by atoms with Crippen LogP contribution in [0.4, 0.5) is 4.39 Å². The zero-order valence-electron chi connectivity index (χ0n) is 10.9. The van der Waals surface area contributed by atoms with Gasteiger partial charge >= 0.3 is 5.97 Å². The molecule has 5 heteroatoms. The van der Waals surface area contributed by atoms with Crippen LogP contribution in [0.1, 0.15) is 11.1 Å². The standard InChI is InChI=1S/C16H12ClFO3/c17-14-9-13(6-7-15(14)18)21-10-12-3-1-11(2-4-12)5-8-16(19)20/h1-9H,10H2,(H,19,20). The summed E-state index contributed by atoms with van der Waals surface area (Å²) < 4.78 is 18.5. The third kappa shape index (κ3) is 4.61. The molecule has 0 aliphatic heterocycles. The van der Waals surface area contributed by atoms with E-state index in [2.05, 4.69) is 0 Å². The first-order valence-electron chi connectivity index (χ1n) is 6.12. The molecule has 0 aromatic heterocycles. The predicted molar refractivity (Wildman–Crippen MR) is 78.9 cm³/mol. The molecule has 0 aliphatic carbocycles. The van der Waals surface area contributed by atoms with Gasteiger partial charge in [-0.05, 0) is 29.3 Å². The van der Waals surface area contributed by atoms with Crippen LogP contribution >= 0.6 is 11.6 Å². The van der Waals surface area contributed by atoms with E-state index in [1.165, 1.54) is 24.3 Å². The lowest BCUT2D eigenvalue weighted by Crippen LogP contribution is -1.95. The Morgan fingerprint density at radius 2 is 1.95 bits per heavy atom. The van der Waals surface area contributed by atoms with Gasteiger partial charge in [-0.1, -0.05) is 35.9 Å². The van der Waals surface area contributed by atoms with Crippen molar-refractivity contribution in [2.75, 3.05) is 0 Å². The molecule has 0 aliphatic rings. The van der Waals surface area contributed by atoms with Crippen LogP contribution in [-0.4, -0.2) is 11.1 Å². The van der Waals surface area contributed by atoms with Crippen LogP contribution in [0, 0.1) is 5.82 Å². The first-order chi connectivity index (χ1) is 10.0. The summed E-state index contributed by atoms with van der Waals surface area (Å²) in [5.41, 5.74) is 1.69. The number of carbonyl (C=O) groups is 1. The van der Waals surface area contributed by atoms with Gasteiger partial charge in [-0.15, -0.1) is 0 Å². The van der Waals surface area contributed by atoms with Crippen molar-refractivity contribution in [2.24, 2.45) is 0 Å². The predicted octanol–water partition coefficient (Wildman–Crippen LogP) is 4.16. The maximum Gasteiger partial charge on any atom is 0.328 e. The van der Waals surface area contributed by atoms with E-state index in [1.807, 2.05) is 12.1 Å². The minimum absolute atomic E-state index is 0.0154. The second-order valence-corrected chi connectivity index (χ2v) is 4.68. The van der Waals surface area contributed by atoms with Crippen molar-refractivity contribution in [3.63, 3.8) is 0 Å². The van der Waals surface area contributed by atoms with E-state index in [-0.39, 0.29) is 5.02 Å². The zero-order chi connectivity index (χ0) is 15.2. The number of hydrogen-bond acceptors (Lipinski definition) is 2. The Morgan fingerprint density at radius 1 is 1.24 bits per heavy atom. The topological polar surface area (TPSA) is 46.5 Å². The number of benzene rings is 2. The van der Waals surface area contributed by atoms with Gasteiger partial charge in [0, 0.05) is 12.1 Å². The maximum absolute atomic E-state index is 13.0. The smallest absolute Gasteiger partial charge is 0.328 e. The Hall–Kier alpha value is -2.33. The quantitative estimate of drug-likeness (QED) is 0.844. The number of rotatable bonds is 5. The SMILES string of the molecule is O=C(O)C=Cc1ccc(COc2ccc(F)c(Cl)c2)cc1. The zero-order valence-corrected chi connectivity index (χ0v) is 11.7.